The summed E-state index contributed by atoms with van der Waals surface area (Å²) < 4.78 is 12.8. The summed E-state index contributed by atoms with van der Waals surface area (Å²) in [5, 5.41) is 10.7. The van der Waals surface area contributed by atoms with Gasteiger partial charge in [0.1, 0.15) is 5.82 Å². The molecule has 0 spiro atoms. The van der Waals surface area contributed by atoms with Crippen molar-refractivity contribution in [3.63, 3.8) is 0 Å². The molecule has 1 amide bonds. The number of hydrogen-bond donors (Lipinski definition) is 2. The number of aromatic amines is 1. The molecule has 0 saturated heterocycles. The summed E-state index contributed by atoms with van der Waals surface area (Å²) in [6.07, 6.45) is 0. The third kappa shape index (κ3) is 4.51. The van der Waals surface area contributed by atoms with E-state index in [1.54, 1.807) is 24.3 Å². The van der Waals surface area contributed by atoms with Gasteiger partial charge in [0.25, 0.3) is 5.56 Å². The molecule has 0 bridgehead atoms. The van der Waals surface area contributed by atoms with Gasteiger partial charge in [-0.3, -0.25) is 14.6 Å². The van der Waals surface area contributed by atoms with E-state index in [-0.39, 0.29) is 33.9 Å². The fourth-order valence-electron chi connectivity index (χ4n) is 2.04. The molecule has 0 aliphatic rings. The summed E-state index contributed by atoms with van der Waals surface area (Å²) in [6, 6.07) is 14.4. The summed E-state index contributed by atoms with van der Waals surface area (Å²) in [7, 11) is 0. The molecule has 0 aliphatic carbocycles. The summed E-state index contributed by atoms with van der Waals surface area (Å²) in [4.78, 5) is 26.6. The minimum absolute atomic E-state index is 0.0344. The lowest BCUT2D eigenvalue weighted by Gasteiger charge is -2.05. The highest BCUT2D eigenvalue weighted by Crippen LogP contribution is 2.15. The summed E-state index contributed by atoms with van der Waals surface area (Å²) in [5.41, 5.74) is 1.01. The zero-order valence-electron chi connectivity index (χ0n) is 12.9. The monoisotopic (exact) mass is 356 g/mol. The van der Waals surface area contributed by atoms with Gasteiger partial charge in [0.05, 0.1) is 5.75 Å². The van der Waals surface area contributed by atoms with Gasteiger partial charge in [-0.1, -0.05) is 42.1 Å². The van der Waals surface area contributed by atoms with Crippen LogP contribution in [-0.2, 0) is 4.79 Å². The van der Waals surface area contributed by atoms with Crippen molar-refractivity contribution >= 4 is 23.4 Å². The van der Waals surface area contributed by atoms with E-state index in [0.29, 0.717) is 11.3 Å². The summed E-state index contributed by atoms with van der Waals surface area (Å²) in [6.45, 7) is 0. The largest absolute Gasteiger partial charge is 0.325 e. The van der Waals surface area contributed by atoms with Crippen molar-refractivity contribution in [2.24, 2.45) is 0 Å². The highest BCUT2D eigenvalue weighted by atomic mass is 32.2. The second-order valence-corrected chi connectivity index (χ2v) is 5.98. The van der Waals surface area contributed by atoms with Crippen LogP contribution in [0.1, 0.15) is 0 Å². The smallest absolute Gasteiger partial charge is 0.278 e. The predicted molar refractivity (Wildman–Crippen MR) is 93.8 cm³/mol. The van der Waals surface area contributed by atoms with Crippen LogP contribution in [0.3, 0.4) is 0 Å². The fourth-order valence-corrected chi connectivity index (χ4v) is 2.64. The number of aromatic nitrogens is 3. The Morgan fingerprint density at radius 1 is 1.08 bits per heavy atom. The molecule has 3 aromatic rings. The standard InChI is InChI=1S/C17H13FN4O2S/c18-12-6-8-13(9-7-12)19-14(23)10-25-17-20-16(24)15(21-22-17)11-4-2-1-3-5-11/h1-9H,10H2,(H,19,23)(H,20,22,24). The van der Waals surface area contributed by atoms with Gasteiger partial charge >= 0.3 is 0 Å². The molecular weight excluding hydrogens is 343 g/mol. The normalized spacial score (nSPS) is 10.4. The van der Waals surface area contributed by atoms with Gasteiger partial charge in [0.2, 0.25) is 5.91 Å². The first kappa shape index (κ1) is 16.8. The Morgan fingerprint density at radius 2 is 1.80 bits per heavy atom. The molecule has 3 rings (SSSR count). The van der Waals surface area contributed by atoms with Crippen LogP contribution in [0.2, 0.25) is 0 Å². The molecular formula is C17H13FN4O2S. The molecule has 0 atom stereocenters. The van der Waals surface area contributed by atoms with Crippen molar-refractivity contribution in [3.05, 3.63) is 70.8 Å². The maximum atomic E-state index is 12.8. The Morgan fingerprint density at radius 3 is 2.48 bits per heavy atom. The van der Waals surface area contributed by atoms with Crippen LogP contribution >= 0.6 is 11.8 Å². The van der Waals surface area contributed by atoms with Crippen molar-refractivity contribution in [3.8, 4) is 11.3 Å². The molecule has 1 aromatic heterocycles. The zero-order valence-corrected chi connectivity index (χ0v) is 13.7. The lowest BCUT2D eigenvalue weighted by Crippen LogP contribution is -2.17. The predicted octanol–water partition coefficient (Wildman–Crippen LogP) is 2.70. The van der Waals surface area contributed by atoms with Gasteiger partial charge in [0.15, 0.2) is 10.9 Å². The molecule has 6 nitrogen and oxygen atoms in total. The number of amides is 1. The first-order valence-corrected chi connectivity index (χ1v) is 8.31. The van der Waals surface area contributed by atoms with E-state index < -0.39 is 0 Å². The van der Waals surface area contributed by atoms with Crippen molar-refractivity contribution < 1.29 is 9.18 Å². The van der Waals surface area contributed by atoms with E-state index in [9.17, 15) is 14.0 Å². The number of hydrogen-bond acceptors (Lipinski definition) is 5. The number of thioether (sulfide) groups is 1. The van der Waals surface area contributed by atoms with Crippen LogP contribution in [0.5, 0.6) is 0 Å². The molecule has 0 radical (unpaired) electrons. The van der Waals surface area contributed by atoms with Crippen molar-refractivity contribution in [1.82, 2.24) is 15.2 Å². The SMILES string of the molecule is O=C(CSc1nnc(-c2ccccc2)c(=O)[nH]1)Nc1ccc(F)cc1. The average molecular weight is 356 g/mol. The van der Waals surface area contributed by atoms with Crippen LogP contribution < -0.4 is 10.9 Å². The van der Waals surface area contributed by atoms with Crippen LogP contribution in [0.25, 0.3) is 11.3 Å². The first-order valence-electron chi connectivity index (χ1n) is 7.32. The minimum atomic E-state index is -0.376. The van der Waals surface area contributed by atoms with Gasteiger partial charge < -0.3 is 5.32 Å². The van der Waals surface area contributed by atoms with E-state index in [0.717, 1.165) is 11.8 Å². The van der Waals surface area contributed by atoms with Gasteiger partial charge in [0, 0.05) is 11.3 Å². The Kier molecular flexibility index (Phi) is 5.20. The number of carbonyl (C=O) groups excluding carboxylic acids is 1. The van der Waals surface area contributed by atoms with Gasteiger partial charge in [-0.2, -0.15) is 0 Å². The minimum Gasteiger partial charge on any atom is -0.325 e. The van der Waals surface area contributed by atoms with E-state index >= 15 is 0 Å². The Bertz CT molecular complexity index is 929. The van der Waals surface area contributed by atoms with E-state index in [1.807, 2.05) is 6.07 Å². The molecule has 0 unspecified atom stereocenters. The number of rotatable bonds is 5. The first-order chi connectivity index (χ1) is 12.1. The highest BCUT2D eigenvalue weighted by molar-refractivity contribution is 7.99. The van der Waals surface area contributed by atoms with Crippen LogP contribution in [0, 0.1) is 5.82 Å². The molecule has 0 aliphatic heterocycles. The van der Waals surface area contributed by atoms with Gasteiger partial charge in [-0.25, -0.2) is 4.39 Å². The van der Waals surface area contributed by atoms with Crippen LogP contribution in [0.4, 0.5) is 10.1 Å². The van der Waals surface area contributed by atoms with E-state index in [2.05, 4.69) is 20.5 Å². The molecule has 2 N–H and O–H groups in total. The maximum absolute atomic E-state index is 12.8. The molecule has 2 aromatic carbocycles. The highest BCUT2D eigenvalue weighted by Gasteiger charge is 2.09. The number of carbonyl (C=O) groups is 1. The van der Waals surface area contributed by atoms with Crippen molar-refractivity contribution in [2.75, 3.05) is 11.1 Å². The Labute approximate surface area is 146 Å². The van der Waals surface area contributed by atoms with Crippen molar-refractivity contribution in [2.45, 2.75) is 5.16 Å². The molecule has 25 heavy (non-hydrogen) atoms. The third-order valence-corrected chi connectivity index (χ3v) is 4.06. The topological polar surface area (TPSA) is 87.7 Å². The lowest BCUT2D eigenvalue weighted by atomic mass is 10.2. The molecule has 1 heterocycles. The fraction of sp³-hybridized carbons (Fsp3) is 0.0588. The van der Waals surface area contributed by atoms with Gasteiger partial charge in [-0.05, 0) is 24.3 Å². The second-order valence-electron chi connectivity index (χ2n) is 5.02. The number of anilines is 1. The lowest BCUT2D eigenvalue weighted by molar-refractivity contribution is -0.113. The summed E-state index contributed by atoms with van der Waals surface area (Å²) in [5.74, 6) is -0.641. The number of halogens is 1. The van der Waals surface area contributed by atoms with E-state index in [4.69, 9.17) is 0 Å². The zero-order chi connectivity index (χ0) is 17.6. The Balaban J connectivity index is 1.62. The Hall–Kier alpha value is -3.00. The van der Waals surface area contributed by atoms with Crippen molar-refractivity contribution in [1.29, 1.82) is 0 Å². The molecule has 126 valence electrons. The van der Waals surface area contributed by atoms with Gasteiger partial charge in [-0.15, -0.1) is 10.2 Å². The molecule has 8 heteroatoms. The van der Waals surface area contributed by atoms with E-state index in [1.165, 1.54) is 24.3 Å². The summed E-state index contributed by atoms with van der Waals surface area (Å²) >= 11 is 1.05. The maximum Gasteiger partial charge on any atom is 0.278 e. The number of nitrogens with one attached hydrogen (secondary N) is 2. The second kappa shape index (κ2) is 7.71. The molecule has 0 saturated carbocycles. The number of nitrogens with zero attached hydrogens (tertiary/aromatic N) is 2. The quantitative estimate of drug-likeness (QED) is 0.686. The van der Waals surface area contributed by atoms with Crippen LogP contribution in [0.15, 0.2) is 64.5 Å². The molecule has 0 fully saturated rings. The average Bonchev–Trinajstić information content (AvgIpc) is 2.63. The number of benzene rings is 2. The van der Waals surface area contributed by atoms with Crippen LogP contribution in [-0.4, -0.2) is 26.8 Å². The number of H-pyrrole nitrogens is 1. The third-order valence-electron chi connectivity index (χ3n) is 3.19.